The highest BCUT2D eigenvalue weighted by Crippen LogP contribution is 2.29. The van der Waals surface area contributed by atoms with Gasteiger partial charge in [0.15, 0.2) is 5.65 Å². The molecule has 2 aromatic heterocycles. The van der Waals surface area contributed by atoms with E-state index >= 15 is 0 Å². The molecule has 3 rings (SSSR count). The van der Waals surface area contributed by atoms with Crippen LogP contribution in [-0.2, 0) is 4.74 Å². The number of aryl methyl sites for hydroxylation is 1. The molecular formula is C21H27N5O3. The van der Waals surface area contributed by atoms with Crippen LogP contribution in [0.3, 0.4) is 0 Å². The van der Waals surface area contributed by atoms with E-state index in [1.807, 2.05) is 45.2 Å². The summed E-state index contributed by atoms with van der Waals surface area (Å²) >= 11 is 0. The van der Waals surface area contributed by atoms with Gasteiger partial charge in [0.25, 0.3) is 5.91 Å². The summed E-state index contributed by atoms with van der Waals surface area (Å²) in [5.74, 6) is 0.987. The molecule has 0 aliphatic heterocycles. The summed E-state index contributed by atoms with van der Waals surface area (Å²) in [4.78, 5) is 19.0. The molecule has 1 amide bonds. The van der Waals surface area contributed by atoms with E-state index in [0.717, 1.165) is 11.2 Å². The molecule has 0 atom stereocenters. The van der Waals surface area contributed by atoms with Crippen LogP contribution in [0, 0.1) is 6.92 Å². The smallest absolute Gasteiger partial charge is 0.254 e. The van der Waals surface area contributed by atoms with Gasteiger partial charge in [-0.1, -0.05) is 6.07 Å². The van der Waals surface area contributed by atoms with Crippen LogP contribution in [0.15, 0.2) is 36.5 Å². The highest BCUT2D eigenvalue weighted by molar-refractivity contribution is 5.95. The van der Waals surface area contributed by atoms with E-state index < -0.39 is 0 Å². The molecule has 1 N–H and O–H groups in total. The van der Waals surface area contributed by atoms with Gasteiger partial charge in [-0.15, -0.1) is 5.10 Å². The Kier molecular flexibility index (Phi) is 6.66. The Morgan fingerprint density at radius 3 is 2.79 bits per heavy atom. The quantitative estimate of drug-likeness (QED) is 0.597. The Labute approximate surface area is 170 Å². The lowest BCUT2D eigenvalue weighted by molar-refractivity contribution is 0.0706. The standard InChI is InChI=1S/C21H27N5O3/c1-5-25(11-12-28-4)20(27)16-8-9-17(18(13-16)29-6-2)22-21-23-19-10-7-15(3)14-26(19)24-21/h7-10,13-14H,5-6,11-12H2,1-4H3,(H,22,24). The summed E-state index contributed by atoms with van der Waals surface area (Å²) in [5, 5.41) is 7.65. The number of anilines is 2. The molecule has 1 aromatic carbocycles. The lowest BCUT2D eigenvalue weighted by Gasteiger charge is -2.21. The number of likely N-dealkylation sites (N-methyl/N-ethyl adjacent to an activating group) is 1. The monoisotopic (exact) mass is 397 g/mol. The number of pyridine rings is 1. The molecule has 154 valence electrons. The number of carbonyl (C=O) groups excluding carboxylic acids is 1. The molecule has 29 heavy (non-hydrogen) atoms. The fourth-order valence-corrected chi connectivity index (χ4v) is 2.98. The molecular weight excluding hydrogens is 370 g/mol. The molecule has 2 heterocycles. The van der Waals surface area contributed by atoms with E-state index in [1.165, 1.54) is 0 Å². The molecule has 0 bridgehead atoms. The highest BCUT2D eigenvalue weighted by Gasteiger charge is 2.17. The zero-order chi connectivity index (χ0) is 20.8. The number of hydrogen-bond acceptors (Lipinski definition) is 6. The largest absolute Gasteiger partial charge is 0.492 e. The molecule has 3 aromatic rings. The Hall–Kier alpha value is -3.13. The number of nitrogens with zero attached hydrogens (tertiary/aromatic N) is 4. The predicted octanol–water partition coefficient (Wildman–Crippen LogP) is 3.29. The lowest BCUT2D eigenvalue weighted by atomic mass is 10.1. The fraction of sp³-hybridized carbons (Fsp3) is 0.381. The first kappa shape index (κ1) is 20.6. The van der Waals surface area contributed by atoms with Crippen molar-refractivity contribution < 1.29 is 14.3 Å². The number of ether oxygens (including phenoxy) is 2. The van der Waals surface area contributed by atoms with Gasteiger partial charge in [-0.2, -0.15) is 4.98 Å². The number of carbonyl (C=O) groups is 1. The number of nitrogens with one attached hydrogen (secondary N) is 1. The van der Waals surface area contributed by atoms with Crippen LogP contribution in [0.2, 0.25) is 0 Å². The predicted molar refractivity (Wildman–Crippen MR) is 112 cm³/mol. The number of amides is 1. The normalized spacial score (nSPS) is 10.9. The van der Waals surface area contributed by atoms with E-state index in [-0.39, 0.29) is 5.91 Å². The van der Waals surface area contributed by atoms with Crippen molar-refractivity contribution in [1.82, 2.24) is 19.5 Å². The van der Waals surface area contributed by atoms with E-state index in [4.69, 9.17) is 9.47 Å². The van der Waals surface area contributed by atoms with Crippen LogP contribution in [-0.4, -0.2) is 58.8 Å². The van der Waals surface area contributed by atoms with Crippen LogP contribution in [0.1, 0.15) is 29.8 Å². The van der Waals surface area contributed by atoms with Crippen LogP contribution in [0.5, 0.6) is 5.75 Å². The van der Waals surface area contributed by atoms with Crippen molar-refractivity contribution in [1.29, 1.82) is 0 Å². The molecule has 0 spiro atoms. The Bertz CT molecular complexity index is 986. The van der Waals surface area contributed by atoms with E-state index in [0.29, 0.717) is 49.3 Å². The molecule has 0 fully saturated rings. The van der Waals surface area contributed by atoms with Gasteiger partial charge in [0.1, 0.15) is 5.75 Å². The van der Waals surface area contributed by atoms with Gasteiger partial charge in [-0.3, -0.25) is 4.79 Å². The molecule has 0 unspecified atom stereocenters. The van der Waals surface area contributed by atoms with Gasteiger partial charge in [-0.25, -0.2) is 4.52 Å². The maximum atomic E-state index is 12.8. The SMILES string of the molecule is CCOc1cc(C(=O)N(CC)CCOC)ccc1Nc1nc2ccc(C)cn2n1. The summed E-state index contributed by atoms with van der Waals surface area (Å²) in [7, 11) is 1.63. The van der Waals surface area contributed by atoms with Crippen molar-refractivity contribution in [2.75, 3.05) is 38.7 Å². The summed E-state index contributed by atoms with van der Waals surface area (Å²) in [5.41, 5.74) is 3.12. The van der Waals surface area contributed by atoms with Gasteiger partial charge >= 0.3 is 0 Å². The van der Waals surface area contributed by atoms with Crippen LogP contribution >= 0.6 is 0 Å². The minimum Gasteiger partial charge on any atom is -0.492 e. The molecule has 0 radical (unpaired) electrons. The first-order chi connectivity index (χ1) is 14.0. The van der Waals surface area contributed by atoms with Gasteiger partial charge < -0.3 is 19.7 Å². The second-order valence-electron chi connectivity index (χ2n) is 6.59. The van der Waals surface area contributed by atoms with Gasteiger partial charge in [0.05, 0.1) is 18.9 Å². The Balaban J connectivity index is 1.85. The Morgan fingerprint density at radius 1 is 1.24 bits per heavy atom. The molecule has 0 aliphatic rings. The van der Waals surface area contributed by atoms with Crippen LogP contribution in [0.4, 0.5) is 11.6 Å². The third-order valence-corrected chi connectivity index (χ3v) is 4.49. The maximum absolute atomic E-state index is 12.8. The minimum absolute atomic E-state index is 0.0571. The van der Waals surface area contributed by atoms with Crippen molar-refractivity contribution in [2.45, 2.75) is 20.8 Å². The van der Waals surface area contributed by atoms with Crippen molar-refractivity contribution in [2.24, 2.45) is 0 Å². The number of fused-ring (bicyclic) bond motifs is 1. The average molecular weight is 397 g/mol. The third-order valence-electron chi connectivity index (χ3n) is 4.49. The molecule has 8 nitrogen and oxygen atoms in total. The van der Waals surface area contributed by atoms with E-state index in [9.17, 15) is 4.79 Å². The summed E-state index contributed by atoms with van der Waals surface area (Å²) in [6, 6.07) is 9.26. The number of rotatable bonds is 9. The summed E-state index contributed by atoms with van der Waals surface area (Å²) in [6.45, 7) is 7.98. The molecule has 8 heteroatoms. The third kappa shape index (κ3) is 4.83. The van der Waals surface area contributed by atoms with Crippen LogP contribution < -0.4 is 10.1 Å². The zero-order valence-corrected chi connectivity index (χ0v) is 17.3. The zero-order valence-electron chi connectivity index (χ0n) is 17.3. The van der Waals surface area contributed by atoms with Crippen molar-refractivity contribution >= 4 is 23.2 Å². The van der Waals surface area contributed by atoms with Crippen LogP contribution in [0.25, 0.3) is 5.65 Å². The van der Waals surface area contributed by atoms with Gasteiger partial charge in [-0.05, 0) is 50.6 Å². The van der Waals surface area contributed by atoms with E-state index in [1.54, 1.807) is 28.7 Å². The number of benzene rings is 1. The fourth-order valence-electron chi connectivity index (χ4n) is 2.98. The topological polar surface area (TPSA) is 81.0 Å². The van der Waals surface area contributed by atoms with Gasteiger partial charge in [0.2, 0.25) is 5.95 Å². The number of methoxy groups -OCH3 is 1. The summed E-state index contributed by atoms with van der Waals surface area (Å²) in [6.07, 6.45) is 1.91. The van der Waals surface area contributed by atoms with Crippen molar-refractivity contribution in [3.63, 3.8) is 0 Å². The first-order valence-corrected chi connectivity index (χ1v) is 9.70. The molecule has 0 saturated heterocycles. The summed E-state index contributed by atoms with van der Waals surface area (Å²) < 4.78 is 12.6. The van der Waals surface area contributed by atoms with Crippen molar-refractivity contribution in [3.8, 4) is 5.75 Å². The van der Waals surface area contributed by atoms with Gasteiger partial charge in [0, 0.05) is 32.0 Å². The second-order valence-corrected chi connectivity index (χ2v) is 6.59. The van der Waals surface area contributed by atoms with E-state index in [2.05, 4.69) is 15.4 Å². The average Bonchev–Trinajstić information content (AvgIpc) is 3.11. The number of hydrogen-bond donors (Lipinski definition) is 1. The van der Waals surface area contributed by atoms with Crippen molar-refractivity contribution in [3.05, 3.63) is 47.7 Å². The number of aromatic nitrogens is 3. The second kappa shape index (κ2) is 9.38. The first-order valence-electron chi connectivity index (χ1n) is 9.70. The minimum atomic E-state index is -0.0571. The maximum Gasteiger partial charge on any atom is 0.254 e. The Morgan fingerprint density at radius 2 is 2.07 bits per heavy atom. The lowest BCUT2D eigenvalue weighted by Crippen LogP contribution is -2.33. The molecule has 0 saturated carbocycles. The molecule has 0 aliphatic carbocycles. The highest BCUT2D eigenvalue weighted by atomic mass is 16.5.